The van der Waals surface area contributed by atoms with Gasteiger partial charge in [-0.3, -0.25) is 0 Å². The van der Waals surface area contributed by atoms with Gasteiger partial charge in [-0.1, -0.05) is 290 Å². The molecule has 4 aromatic heterocycles. The molecule has 0 bridgehead atoms. The average molecular weight is 1420 g/mol. The second-order valence-electron chi connectivity index (χ2n) is 32.4. The predicted molar refractivity (Wildman–Crippen MR) is 472 cm³/mol. The lowest BCUT2D eigenvalue weighted by Gasteiger charge is -2.45. The molecule has 6 nitrogen and oxygen atoms in total. The van der Waals surface area contributed by atoms with Crippen LogP contribution in [0.1, 0.15) is 52.7 Å². The number of fused-ring (bicyclic) bond motifs is 16. The summed E-state index contributed by atoms with van der Waals surface area (Å²) in [4.78, 5) is 5.31. The van der Waals surface area contributed by atoms with Crippen molar-refractivity contribution < 1.29 is 0 Å². The van der Waals surface area contributed by atoms with Crippen molar-refractivity contribution in [2.24, 2.45) is 0 Å². The fourth-order valence-electron chi connectivity index (χ4n) is 18.9. The summed E-state index contributed by atoms with van der Waals surface area (Å²) in [5.41, 5.74) is 33.0. The molecule has 526 valence electrons. The fraction of sp³-hybridized carbons (Fsp3) is 0.0769. The summed E-state index contributed by atoms with van der Waals surface area (Å²) < 4.78 is 10.2. The van der Waals surface area contributed by atoms with Crippen LogP contribution in [0.25, 0.3) is 143 Å². The van der Waals surface area contributed by atoms with Gasteiger partial charge < -0.3 is 28.1 Å². The molecule has 111 heavy (non-hydrogen) atoms. The van der Waals surface area contributed by atoms with Gasteiger partial charge in [-0.2, -0.15) is 0 Å². The first-order chi connectivity index (χ1) is 54.4. The van der Waals surface area contributed by atoms with E-state index in [1.54, 1.807) is 0 Å². The monoisotopic (exact) mass is 1420 g/mol. The summed E-state index contributed by atoms with van der Waals surface area (Å²) >= 11 is 0. The van der Waals surface area contributed by atoms with Crippen LogP contribution in [0.5, 0.6) is 0 Å². The molecule has 0 radical (unpaired) electrons. The van der Waals surface area contributed by atoms with Crippen molar-refractivity contribution in [2.45, 2.75) is 52.4 Å². The molecule has 22 rings (SSSR count). The second kappa shape index (κ2) is 24.4. The predicted octanol–water partition coefficient (Wildman–Crippen LogP) is 25.8. The Morgan fingerprint density at radius 1 is 0.216 bits per heavy atom. The Labute approximate surface area is 645 Å². The molecule has 0 aliphatic carbocycles. The number of aromatic nitrogens is 4. The lowest BCUT2D eigenvalue weighted by atomic mass is 9.33. The molecule has 0 N–H and O–H groups in total. The Kier molecular flexibility index (Phi) is 14.2. The van der Waals surface area contributed by atoms with Crippen molar-refractivity contribution in [1.29, 1.82) is 0 Å². The third kappa shape index (κ3) is 9.77. The fourth-order valence-corrected chi connectivity index (χ4v) is 18.9. The zero-order chi connectivity index (χ0) is 74.1. The maximum absolute atomic E-state index is 2.67. The number of anilines is 6. The molecule has 0 saturated carbocycles. The van der Waals surface area contributed by atoms with E-state index >= 15 is 0 Å². The SMILES string of the molecule is CC(C)(C)c1ccc2c(c1)c1cc(C(C)(C)C)ccc1n2-c1cc2c3c(c1)N(c1ccccc1-c1ccccc1)c1cc(-n4c5ccccc5c5ccccc54)ccc1B3c1ccc(-c3cccc(-n4c5ccccc5c5ccccc54)c3-n3c4ccccc4c4ccccc43)cc1N2c1ccccc1-c1ccccc1. The van der Waals surface area contributed by atoms with Crippen LogP contribution in [0.15, 0.2) is 358 Å². The zero-order valence-electron chi connectivity index (χ0n) is 62.8. The van der Waals surface area contributed by atoms with E-state index in [0.29, 0.717) is 0 Å². The van der Waals surface area contributed by atoms with Crippen molar-refractivity contribution in [2.75, 3.05) is 9.80 Å². The third-order valence-corrected chi connectivity index (χ3v) is 24.0. The van der Waals surface area contributed by atoms with Gasteiger partial charge in [-0.15, -0.1) is 0 Å². The van der Waals surface area contributed by atoms with E-state index < -0.39 is 0 Å². The van der Waals surface area contributed by atoms with Gasteiger partial charge in [0.1, 0.15) is 0 Å². The number of benzene rings is 16. The zero-order valence-corrected chi connectivity index (χ0v) is 62.8. The first kappa shape index (κ1) is 64.6. The Morgan fingerprint density at radius 2 is 0.568 bits per heavy atom. The Balaban J connectivity index is 0.898. The molecule has 0 amide bonds. The summed E-state index contributed by atoms with van der Waals surface area (Å²) in [5.74, 6) is 0. The molecule has 0 spiro atoms. The topological polar surface area (TPSA) is 26.2 Å². The van der Waals surface area contributed by atoms with Crippen LogP contribution in [-0.2, 0) is 10.8 Å². The Bertz CT molecular complexity index is 7020. The van der Waals surface area contributed by atoms with E-state index in [0.717, 1.165) is 134 Å². The van der Waals surface area contributed by atoms with Crippen molar-refractivity contribution >= 4 is 144 Å². The summed E-state index contributed by atoms with van der Waals surface area (Å²) in [6, 6.07) is 135. The summed E-state index contributed by atoms with van der Waals surface area (Å²) in [6.07, 6.45) is 0. The average Bonchev–Trinajstić information content (AvgIpc) is 1.22. The van der Waals surface area contributed by atoms with Gasteiger partial charge >= 0.3 is 0 Å². The molecule has 0 saturated heterocycles. The van der Waals surface area contributed by atoms with Crippen molar-refractivity contribution in [1.82, 2.24) is 18.3 Å². The minimum atomic E-state index is -0.266. The van der Waals surface area contributed by atoms with Crippen molar-refractivity contribution in [3.63, 3.8) is 0 Å². The molecule has 7 heteroatoms. The first-order valence-electron chi connectivity index (χ1n) is 38.9. The van der Waals surface area contributed by atoms with E-state index in [-0.39, 0.29) is 17.5 Å². The Hall–Kier alpha value is -13.6. The molecule has 0 fully saturated rings. The summed E-state index contributed by atoms with van der Waals surface area (Å²) in [7, 11) is 0. The second-order valence-corrected chi connectivity index (χ2v) is 32.4. The van der Waals surface area contributed by atoms with Gasteiger partial charge in [0.05, 0.1) is 72.6 Å². The number of hydrogen-bond donors (Lipinski definition) is 0. The van der Waals surface area contributed by atoms with E-state index in [1.807, 2.05) is 0 Å². The van der Waals surface area contributed by atoms with Gasteiger partial charge in [0, 0.05) is 88.2 Å². The van der Waals surface area contributed by atoms with Crippen LogP contribution in [0.3, 0.4) is 0 Å². The van der Waals surface area contributed by atoms with Gasteiger partial charge in [-0.05, 0) is 164 Å². The number of para-hydroxylation sites is 9. The normalized spacial score (nSPS) is 12.9. The van der Waals surface area contributed by atoms with Crippen LogP contribution in [-0.4, -0.2) is 25.0 Å². The van der Waals surface area contributed by atoms with Gasteiger partial charge in [0.15, 0.2) is 0 Å². The van der Waals surface area contributed by atoms with Crippen LogP contribution in [0.4, 0.5) is 34.1 Å². The molecular weight excluding hydrogens is 1340 g/mol. The third-order valence-electron chi connectivity index (χ3n) is 24.0. The molecule has 2 aliphatic heterocycles. The van der Waals surface area contributed by atoms with Crippen LogP contribution < -0.4 is 26.2 Å². The summed E-state index contributed by atoms with van der Waals surface area (Å²) in [6.45, 7) is 13.8. The maximum Gasteiger partial charge on any atom is 0.252 e. The highest BCUT2D eigenvalue weighted by molar-refractivity contribution is 7.00. The van der Waals surface area contributed by atoms with E-state index in [2.05, 4.69) is 428 Å². The smallest absolute Gasteiger partial charge is 0.252 e. The van der Waals surface area contributed by atoms with Crippen LogP contribution in [0.2, 0.25) is 0 Å². The molecule has 2 aliphatic rings. The van der Waals surface area contributed by atoms with E-state index in [1.165, 1.54) is 70.6 Å². The highest BCUT2D eigenvalue weighted by Gasteiger charge is 2.45. The van der Waals surface area contributed by atoms with Crippen molar-refractivity contribution in [3.8, 4) is 56.1 Å². The van der Waals surface area contributed by atoms with Gasteiger partial charge in [0.25, 0.3) is 6.71 Å². The lowest BCUT2D eigenvalue weighted by molar-refractivity contribution is 0.590. The maximum atomic E-state index is 2.67. The highest BCUT2D eigenvalue weighted by atomic mass is 15.2. The van der Waals surface area contributed by atoms with E-state index in [4.69, 9.17) is 0 Å². The largest absolute Gasteiger partial charge is 0.311 e. The number of hydrogen-bond acceptors (Lipinski definition) is 2. The van der Waals surface area contributed by atoms with Crippen molar-refractivity contribution in [3.05, 3.63) is 369 Å². The minimum absolute atomic E-state index is 0.0944. The van der Waals surface area contributed by atoms with Gasteiger partial charge in [-0.25, -0.2) is 0 Å². The molecular formula is C104H77BN6. The number of rotatable bonds is 9. The first-order valence-corrected chi connectivity index (χ1v) is 38.9. The van der Waals surface area contributed by atoms with E-state index in [9.17, 15) is 0 Å². The summed E-state index contributed by atoms with van der Waals surface area (Å²) in [5, 5.41) is 9.77. The quantitative estimate of drug-likeness (QED) is 0.135. The Morgan fingerprint density at radius 3 is 1.03 bits per heavy atom. The molecule has 0 atom stereocenters. The minimum Gasteiger partial charge on any atom is -0.311 e. The molecule has 0 unspecified atom stereocenters. The molecule has 6 heterocycles. The van der Waals surface area contributed by atoms with Crippen LogP contribution in [0, 0.1) is 0 Å². The highest BCUT2D eigenvalue weighted by Crippen LogP contribution is 2.53. The molecule has 20 aromatic rings. The standard InChI is InChI=1S/C104H77BN6/c1-103(2,3)69-53-58-94-82(61-69)83-62-70(104(4,5)6)54-59-95(83)107(94)72-64-99-101-100(65-72)110(87-44-22-14-35-74(87)67-32-11-8-12-33-67)98-63-71(106-88-45-23-15-36-76(88)77-37-16-24-46-89(77)106)55-57-85(98)105(101)84-56-52-68(60-97(84)109(99)86-43-21-13-34-73(86)66-30-9-7-10-31-66)75-42-29-51-96(108-90-47-25-17-38-78(90)79-39-18-26-48-91(79)108)102(75)111-92-49-27-19-40-80(92)81-41-20-28-50-93(81)111/h7-65H,1-6H3. The van der Waals surface area contributed by atoms with Gasteiger partial charge in [0.2, 0.25) is 0 Å². The molecule has 16 aromatic carbocycles. The lowest BCUT2D eigenvalue weighted by Crippen LogP contribution is -2.61. The van der Waals surface area contributed by atoms with Crippen LogP contribution >= 0.6 is 0 Å². The number of nitrogens with zero attached hydrogens (tertiary/aromatic N) is 6.